The van der Waals surface area contributed by atoms with Crippen molar-refractivity contribution in [1.29, 1.82) is 0 Å². The Morgan fingerprint density at radius 1 is 1.00 bits per heavy atom. The maximum absolute atomic E-state index is 11.5. The van der Waals surface area contributed by atoms with Crippen molar-refractivity contribution in [2.75, 3.05) is 0 Å². The highest BCUT2D eigenvalue weighted by molar-refractivity contribution is 5.86. The molecular weight excluding hydrogens is 310 g/mol. The fourth-order valence-corrected chi connectivity index (χ4v) is 2.98. The minimum atomic E-state index is 0.552. The number of pyridine rings is 1. The van der Waals surface area contributed by atoms with E-state index in [-0.39, 0.29) is 0 Å². The van der Waals surface area contributed by atoms with E-state index in [1.54, 1.807) is 10.9 Å². The predicted octanol–water partition coefficient (Wildman–Crippen LogP) is 4.52. The largest absolute Gasteiger partial charge is 0.298 e. The van der Waals surface area contributed by atoms with Gasteiger partial charge >= 0.3 is 0 Å². The average molecular weight is 327 g/mol. The van der Waals surface area contributed by atoms with Gasteiger partial charge in [0.05, 0.1) is 11.1 Å². The summed E-state index contributed by atoms with van der Waals surface area (Å²) in [5.41, 5.74) is 5.35. The van der Waals surface area contributed by atoms with Crippen LogP contribution in [0, 0.1) is 13.8 Å². The van der Waals surface area contributed by atoms with Crippen LogP contribution in [0.15, 0.2) is 60.8 Å². The molecule has 25 heavy (non-hydrogen) atoms. The third-order valence-corrected chi connectivity index (χ3v) is 4.34. The smallest absolute Gasteiger partial charge is 0.154 e. The van der Waals surface area contributed by atoms with Crippen LogP contribution in [0.2, 0.25) is 0 Å². The number of fused-ring (bicyclic) bond motifs is 1. The van der Waals surface area contributed by atoms with Gasteiger partial charge in [0.15, 0.2) is 12.1 Å². The molecule has 4 rings (SSSR count). The molecule has 4 heteroatoms. The maximum atomic E-state index is 11.5. The summed E-state index contributed by atoms with van der Waals surface area (Å²) in [6.45, 7) is 4.09. The number of aldehydes is 1. The van der Waals surface area contributed by atoms with Crippen molar-refractivity contribution in [2.45, 2.75) is 13.8 Å². The molecule has 2 aromatic heterocycles. The molecule has 0 spiro atoms. The molecule has 0 radical (unpaired) electrons. The molecule has 0 atom stereocenters. The van der Waals surface area contributed by atoms with Crippen molar-refractivity contribution in [2.24, 2.45) is 0 Å². The predicted molar refractivity (Wildman–Crippen MR) is 99.2 cm³/mol. The van der Waals surface area contributed by atoms with Gasteiger partial charge in [0.2, 0.25) is 0 Å². The van der Waals surface area contributed by atoms with Crippen LogP contribution in [-0.4, -0.2) is 21.1 Å². The van der Waals surface area contributed by atoms with Gasteiger partial charge in [-0.25, -0.2) is 9.67 Å². The lowest BCUT2D eigenvalue weighted by Gasteiger charge is -2.06. The number of rotatable bonds is 3. The first-order valence-corrected chi connectivity index (χ1v) is 8.14. The number of aryl methyl sites for hydroxylation is 2. The van der Waals surface area contributed by atoms with E-state index >= 15 is 0 Å². The summed E-state index contributed by atoms with van der Waals surface area (Å²) < 4.78 is 1.68. The van der Waals surface area contributed by atoms with Crippen molar-refractivity contribution >= 4 is 17.2 Å². The first kappa shape index (κ1) is 15.3. The lowest BCUT2D eigenvalue weighted by molar-refractivity contribution is 0.112. The van der Waals surface area contributed by atoms with Crippen LogP contribution >= 0.6 is 0 Å². The molecule has 0 fully saturated rings. The molecule has 0 bridgehead atoms. The van der Waals surface area contributed by atoms with Gasteiger partial charge in [-0.1, -0.05) is 48.0 Å². The molecule has 4 nitrogen and oxygen atoms in total. The Balaban J connectivity index is 1.87. The van der Waals surface area contributed by atoms with Gasteiger partial charge in [-0.05, 0) is 31.5 Å². The van der Waals surface area contributed by atoms with E-state index in [4.69, 9.17) is 0 Å². The van der Waals surface area contributed by atoms with Gasteiger partial charge < -0.3 is 0 Å². The summed E-state index contributed by atoms with van der Waals surface area (Å²) in [4.78, 5) is 16.2. The fraction of sp³-hybridized carbons (Fsp3) is 0.0952. The van der Waals surface area contributed by atoms with E-state index in [9.17, 15) is 4.79 Å². The number of hydrogen-bond acceptors (Lipinski definition) is 3. The molecule has 0 amide bonds. The van der Waals surface area contributed by atoms with E-state index in [1.165, 1.54) is 5.56 Å². The molecule has 0 aliphatic heterocycles. The quantitative estimate of drug-likeness (QED) is 0.520. The number of carbonyl (C=O) groups excluding carboxylic acids is 1. The normalized spacial score (nSPS) is 11.0. The third kappa shape index (κ3) is 2.72. The zero-order valence-corrected chi connectivity index (χ0v) is 14.1. The second-order valence-electron chi connectivity index (χ2n) is 6.18. The topological polar surface area (TPSA) is 47.8 Å². The summed E-state index contributed by atoms with van der Waals surface area (Å²) in [5.74, 6) is 0.706. The van der Waals surface area contributed by atoms with Crippen LogP contribution in [0.5, 0.6) is 0 Å². The summed E-state index contributed by atoms with van der Waals surface area (Å²) in [5, 5.41) is 5.74. The van der Waals surface area contributed by atoms with E-state index in [1.807, 2.05) is 55.5 Å². The highest BCUT2D eigenvalue weighted by Crippen LogP contribution is 2.24. The van der Waals surface area contributed by atoms with Crippen molar-refractivity contribution in [3.63, 3.8) is 0 Å². The van der Waals surface area contributed by atoms with E-state index < -0.39 is 0 Å². The maximum Gasteiger partial charge on any atom is 0.154 e. The molecule has 122 valence electrons. The average Bonchev–Trinajstić information content (AvgIpc) is 3.07. The van der Waals surface area contributed by atoms with Crippen molar-refractivity contribution < 1.29 is 4.79 Å². The van der Waals surface area contributed by atoms with Crippen molar-refractivity contribution in [3.05, 3.63) is 77.5 Å². The van der Waals surface area contributed by atoms with Crippen molar-refractivity contribution in [3.8, 4) is 17.1 Å². The number of para-hydroxylation sites is 1. The van der Waals surface area contributed by atoms with Gasteiger partial charge in [0.25, 0.3) is 0 Å². The van der Waals surface area contributed by atoms with Crippen LogP contribution in [-0.2, 0) is 0 Å². The van der Waals surface area contributed by atoms with Crippen LogP contribution in [0.25, 0.3) is 28.0 Å². The monoisotopic (exact) mass is 327 g/mol. The SMILES string of the molecule is Cc1ccc(-c2nn(-c3cc(C)c4ccccc4n3)cc2C=O)cc1. The van der Waals surface area contributed by atoms with Crippen LogP contribution in [0.4, 0.5) is 0 Å². The Kier molecular flexibility index (Phi) is 3.65. The van der Waals surface area contributed by atoms with E-state index in [0.717, 1.165) is 28.3 Å². The molecule has 4 aromatic rings. The summed E-state index contributed by atoms with van der Waals surface area (Å²) in [7, 11) is 0. The van der Waals surface area contributed by atoms with Crippen LogP contribution < -0.4 is 0 Å². The second kappa shape index (κ2) is 5.98. The van der Waals surface area contributed by atoms with Crippen molar-refractivity contribution in [1.82, 2.24) is 14.8 Å². The first-order chi connectivity index (χ1) is 12.2. The van der Waals surface area contributed by atoms with Gasteiger partial charge in [-0.2, -0.15) is 5.10 Å². The lowest BCUT2D eigenvalue weighted by atomic mass is 10.1. The first-order valence-electron chi connectivity index (χ1n) is 8.14. The number of aromatic nitrogens is 3. The molecule has 2 aromatic carbocycles. The highest BCUT2D eigenvalue weighted by atomic mass is 16.1. The fourth-order valence-electron chi connectivity index (χ4n) is 2.98. The number of nitrogens with zero attached hydrogens (tertiary/aromatic N) is 3. The van der Waals surface area contributed by atoms with Crippen LogP contribution in [0.1, 0.15) is 21.5 Å². The minimum absolute atomic E-state index is 0.552. The lowest BCUT2D eigenvalue weighted by Crippen LogP contribution is -2.00. The molecule has 0 saturated carbocycles. The highest BCUT2D eigenvalue weighted by Gasteiger charge is 2.13. The van der Waals surface area contributed by atoms with Gasteiger partial charge in [0.1, 0.15) is 5.69 Å². The zero-order valence-electron chi connectivity index (χ0n) is 14.1. The summed E-state index contributed by atoms with van der Waals surface area (Å²) in [6, 6.07) is 18.0. The van der Waals surface area contributed by atoms with E-state index in [2.05, 4.69) is 23.1 Å². The Morgan fingerprint density at radius 3 is 2.52 bits per heavy atom. The minimum Gasteiger partial charge on any atom is -0.298 e. The second-order valence-corrected chi connectivity index (χ2v) is 6.18. The zero-order chi connectivity index (χ0) is 17.4. The Morgan fingerprint density at radius 2 is 1.76 bits per heavy atom. The molecule has 0 unspecified atom stereocenters. The number of hydrogen-bond donors (Lipinski definition) is 0. The molecule has 0 aliphatic carbocycles. The van der Waals surface area contributed by atoms with Gasteiger partial charge in [-0.15, -0.1) is 0 Å². The Hall–Kier alpha value is -3.27. The van der Waals surface area contributed by atoms with Gasteiger partial charge in [0, 0.05) is 17.1 Å². The van der Waals surface area contributed by atoms with E-state index in [0.29, 0.717) is 17.1 Å². The number of carbonyl (C=O) groups is 1. The van der Waals surface area contributed by atoms with Crippen LogP contribution in [0.3, 0.4) is 0 Å². The van der Waals surface area contributed by atoms with Gasteiger partial charge in [-0.3, -0.25) is 4.79 Å². The molecule has 0 saturated heterocycles. The summed E-state index contributed by atoms with van der Waals surface area (Å²) in [6.07, 6.45) is 2.57. The molecule has 0 aliphatic rings. The molecule has 2 heterocycles. The third-order valence-electron chi connectivity index (χ3n) is 4.34. The summed E-state index contributed by atoms with van der Waals surface area (Å²) >= 11 is 0. The Bertz CT molecular complexity index is 1080. The Labute approximate surface area is 145 Å². The standard InChI is InChI=1S/C21H17N3O/c1-14-7-9-16(10-8-14)21-17(13-25)12-24(23-21)20-11-15(2)18-5-3-4-6-19(18)22-20/h3-13H,1-2H3. The molecule has 0 N–H and O–H groups in total. The number of benzene rings is 2. The molecular formula is C21H17N3O.